The quantitative estimate of drug-likeness (QED) is 0.430. The molecule has 0 aromatic rings. The Morgan fingerprint density at radius 3 is 2.49 bits per heavy atom. The van der Waals surface area contributed by atoms with Crippen LogP contribution >= 0.6 is 0 Å². The van der Waals surface area contributed by atoms with E-state index in [9.17, 15) is 24.6 Å². The average Bonchev–Trinajstić information content (AvgIpc) is 3.66. The van der Waals surface area contributed by atoms with Crippen LogP contribution in [-0.2, 0) is 23.9 Å². The predicted octanol–water partition coefficient (Wildman–Crippen LogP) is -0.515. The fraction of sp³-hybridized carbons (Fsp3) is 0.893. The molecule has 2 saturated carbocycles. The molecule has 0 unspecified atom stereocenters. The predicted molar refractivity (Wildman–Crippen MR) is 139 cm³/mol. The molecule has 6 rings (SSSR count). The molecule has 11 heteroatoms. The number of hydrogen-bond donors (Lipinski definition) is 3. The lowest BCUT2D eigenvalue weighted by molar-refractivity contribution is -0.147. The van der Waals surface area contributed by atoms with Crippen molar-refractivity contribution in [1.82, 2.24) is 20.0 Å². The Labute approximate surface area is 230 Å². The van der Waals surface area contributed by atoms with Crippen LogP contribution in [-0.4, -0.2) is 131 Å². The van der Waals surface area contributed by atoms with Crippen molar-refractivity contribution in [1.29, 1.82) is 0 Å². The first-order valence-corrected chi connectivity index (χ1v) is 15.1. The standard InChI is InChI=1S/C28H44N4O7/c33-24-11-22-25(34)26(35)23(39-22)16-32(27(36)18-6-7-18)15-20-14-30(8-9-38-20)28(37)21-10-19(29-24)13-31(21)12-17-4-2-1-3-5-17/h17-23,25-26,34-35H,1-16H2,(H,29,33)/t19-,20-,21-,22-,23+,25-,26+/m0/s1. The van der Waals surface area contributed by atoms with Gasteiger partial charge in [0.1, 0.15) is 18.3 Å². The van der Waals surface area contributed by atoms with E-state index in [4.69, 9.17) is 9.47 Å². The zero-order valence-electron chi connectivity index (χ0n) is 22.8. The Morgan fingerprint density at radius 2 is 1.72 bits per heavy atom. The number of nitrogens with zero attached hydrogens (tertiary/aromatic N) is 3. The molecule has 4 saturated heterocycles. The molecule has 0 aromatic carbocycles. The SMILES string of the molecule is O=C1C[C@@H]2O[C@H](CN(C(=O)C3CC3)C[C@@H]3CN(CCO3)C(=O)[C@@H]3C[C@@H](CN3CC3CCCCC3)N1)[C@@H](O)[C@H]2O. The summed E-state index contributed by atoms with van der Waals surface area (Å²) in [4.78, 5) is 46.0. The number of fused-ring (bicyclic) bond motifs is 6. The second-order valence-electron chi connectivity index (χ2n) is 12.7. The van der Waals surface area contributed by atoms with Crippen LogP contribution in [0.25, 0.3) is 0 Å². The first kappa shape index (κ1) is 27.4. The Bertz CT molecular complexity index is 926. The third-order valence-corrected chi connectivity index (χ3v) is 9.63. The van der Waals surface area contributed by atoms with Crippen molar-refractivity contribution in [2.24, 2.45) is 11.8 Å². The number of morpholine rings is 1. The van der Waals surface area contributed by atoms with Crippen molar-refractivity contribution in [2.45, 2.75) is 100 Å². The lowest BCUT2D eigenvalue weighted by Gasteiger charge is -2.39. The van der Waals surface area contributed by atoms with Crippen LogP contribution in [0.3, 0.4) is 0 Å². The number of nitrogens with one attached hydrogen (secondary N) is 1. The maximum Gasteiger partial charge on any atom is 0.240 e. The van der Waals surface area contributed by atoms with E-state index in [1.165, 1.54) is 32.1 Å². The third kappa shape index (κ3) is 6.12. The van der Waals surface area contributed by atoms with Gasteiger partial charge in [-0.3, -0.25) is 19.3 Å². The van der Waals surface area contributed by atoms with Gasteiger partial charge in [0.2, 0.25) is 17.7 Å². The highest BCUT2D eigenvalue weighted by Gasteiger charge is 2.47. The molecule has 7 atom stereocenters. The van der Waals surface area contributed by atoms with Crippen LogP contribution in [0.2, 0.25) is 0 Å². The van der Waals surface area contributed by atoms with Crippen LogP contribution in [0.5, 0.6) is 0 Å². The molecule has 0 aromatic heterocycles. The van der Waals surface area contributed by atoms with Crippen molar-refractivity contribution in [2.75, 3.05) is 45.9 Å². The lowest BCUT2D eigenvalue weighted by Crippen LogP contribution is -2.55. The van der Waals surface area contributed by atoms with Crippen LogP contribution in [0.15, 0.2) is 0 Å². The zero-order valence-corrected chi connectivity index (χ0v) is 22.8. The zero-order chi connectivity index (χ0) is 27.1. The molecular weight excluding hydrogens is 504 g/mol. The highest BCUT2D eigenvalue weighted by atomic mass is 16.5. The maximum atomic E-state index is 13.9. The molecule has 6 fully saturated rings. The maximum absolute atomic E-state index is 13.9. The molecule has 6 bridgehead atoms. The van der Waals surface area contributed by atoms with Gasteiger partial charge < -0.3 is 34.8 Å². The molecule has 11 nitrogen and oxygen atoms in total. The number of amides is 3. The van der Waals surface area contributed by atoms with Gasteiger partial charge in [-0.15, -0.1) is 0 Å². The van der Waals surface area contributed by atoms with Crippen molar-refractivity contribution in [3.8, 4) is 0 Å². The van der Waals surface area contributed by atoms with Gasteiger partial charge in [-0.2, -0.15) is 0 Å². The highest BCUT2D eigenvalue weighted by molar-refractivity contribution is 5.83. The molecule has 3 N–H and O–H groups in total. The Hall–Kier alpha value is -1.79. The number of hydrogen-bond acceptors (Lipinski definition) is 8. The van der Waals surface area contributed by atoms with E-state index in [1.807, 2.05) is 4.90 Å². The number of aliphatic hydroxyl groups is 2. The van der Waals surface area contributed by atoms with Crippen molar-refractivity contribution < 1.29 is 34.1 Å². The number of carbonyl (C=O) groups excluding carboxylic acids is 3. The second kappa shape index (κ2) is 11.6. The molecule has 4 heterocycles. The van der Waals surface area contributed by atoms with Crippen LogP contribution in [0, 0.1) is 11.8 Å². The van der Waals surface area contributed by atoms with Gasteiger partial charge in [0.25, 0.3) is 0 Å². The minimum absolute atomic E-state index is 0.00746. The molecule has 218 valence electrons. The minimum Gasteiger partial charge on any atom is -0.388 e. The average molecular weight is 549 g/mol. The van der Waals surface area contributed by atoms with E-state index in [-0.39, 0.29) is 54.8 Å². The van der Waals surface area contributed by atoms with Gasteiger partial charge >= 0.3 is 0 Å². The van der Waals surface area contributed by atoms with E-state index in [2.05, 4.69) is 10.2 Å². The van der Waals surface area contributed by atoms with E-state index < -0.39 is 24.4 Å². The summed E-state index contributed by atoms with van der Waals surface area (Å²) in [5.74, 6) is 0.347. The Morgan fingerprint density at radius 1 is 0.949 bits per heavy atom. The van der Waals surface area contributed by atoms with Gasteiger partial charge in [0.15, 0.2) is 0 Å². The highest BCUT2D eigenvalue weighted by Crippen LogP contribution is 2.33. The normalized spacial score (nSPS) is 39.2. The molecular formula is C28H44N4O7. The van der Waals surface area contributed by atoms with Gasteiger partial charge in [-0.25, -0.2) is 0 Å². The largest absolute Gasteiger partial charge is 0.388 e. The summed E-state index contributed by atoms with van der Waals surface area (Å²) >= 11 is 0. The summed E-state index contributed by atoms with van der Waals surface area (Å²) in [5.41, 5.74) is 0. The molecule has 2 aliphatic carbocycles. The smallest absolute Gasteiger partial charge is 0.240 e. The molecule has 6 aliphatic rings. The summed E-state index contributed by atoms with van der Waals surface area (Å²) in [6.45, 7) is 3.20. The number of ether oxygens (including phenoxy) is 2. The number of aliphatic hydroxyl groups excluding tert-OH is 2. The first-order chi connectivity index (χ1) is 18.9. The van der Waals surface area contributed by atoms with Gasteiger partial charge in [-0.1, -0.05) is 19.3 Å². The minimum atomic E-state index is -1.21. The van der Waals surface area contributed by atoms with Gasteiger partial charge in [0.05, 0.1) is 31.3 Å². The van der Waals surface area contributed by atoms with Crippen LogP contribution in [0.1, 0.15) is 57.8 Å². The second-order valence-corrected chi connectivity index (χ2v) is 12.7. The molecule has 4 aliphatic heterocycles. The summed E-state index contributed by atoms with van der Waals surface area (Å²) in [6.07, 6.45) is 3.85. The number of carbonyl (C=O) groups is 3. The Kier molecular flexibility index (Phi) is 8.14. The van der Waals surface area contributed by atoms with Crippen molar-refractivity contribution in [3.63, 3.8) is 0 Å². The van der Waals surface area contributed by atoms with Crippen LogP contribution < -0.4 is 5.32 Å². The van der Waals surface area contributed by atoms with Crippen molar-refractivity contribution in [3.05, 3.63) is 0 Å². The molecule has 3 amide bonds. The first-order valence-electron chi connectivity index (χ1n) is 15.1. The van der Waals surface area contributed by atoms with Crippen LogP contribution in [0.4, 0.5) is 0 Å². The van der Waals surface area contributed by atoms with E-state index in [0.29, 0.717) is 45.1 Å². The molecule has 0 radical (unpaired) electrons. The molecule has 0 spiro atoms. The Balaban J connectivity index is 1.24. The van der Waals surface area contributed by atoms with E-state index in [1.54, 1.807) is 4.90 Å². The number of likely N-dealkylation sites (tertiary alicyclic amines) is 1. The summed E-state index contributed by atoms with van der Waals surface area (Å²) in [7, 11) is 0. The monoisotopic (exact) mass is 548 g/mol. The van der Waals surface area contributed by atoms with E-state index >= 15 is 0 Å². The van der Waals surface area contributed by atoms with Gasteiger partial charge in [-0.05, 0) is 38.0 Å². The summed E-state index contributed by atoms with van der Waals surface area (Å²) in [5, 5.41) is 24.5. The fourth-order valence-corrected chi connectivity index (χ4v) is 7.33. The lowest BCUT2D eigenvalue weighted by atomic mass is 9.89. The third-order valence-electron chi connectivity index (χ3n) is 9.63. The molecule has 39 heavy (non-hydrogen) atoms. The topological polar surface area (TPSA) is 132 Å². The van der Waals surface area contributed by atoms with Crippen molar-refractivity contribution >= 4 is 17.7 Å². The van der Waals surface area contributed by atoms with Gasteiger partial charge in [0, 0.05) is 51.2 Å². The summed E-state index contributed by atoms with van der Waals surface area (Å²) in [6, 6.07) is -0.460. The van der Waals surface area contributed by atoms with E-state index in [0.717, 1.165) is 19.4 Å². The fourth-order valence-electron chi connectivity index (χ4n) is 7.33. The number of rotatable bonds is 3. The summed E-state index contributed by atoms with van der Waals surface area (Å²) < 4.78 is 12.0.